The summed E-state index contributed by atoms with van der Waals surface area (Å²) in [6.07, 6.45) is 0. The van der Waals surface area contributed by atoms with E-state index in [1.807, 2.05) is 36.4 Å². The summed E-state index contributed by atoms with van der Waals surface area (Å²) in [5, 5.41) is 1.41. The Kier molecular flexibility index (Phi) is 3.31. The van der Waals surface area contributed by atoms with Gasteiger partial charge in [-0.3, -0.25) is 4.79 Å². The topological polar surface area (TPSA) is 48.0 Å². The Morgan fingerprint density at radius 3 is 2.50 bits per heavy atom. The van der Waals surface area contributed by atoms with Crippen molar-refractivity contribution in [2.45, 2.75) is 6.54 Å². The van der Waals surface area contributed by atoms with Gasteiger partial charge in [0.15, 0.2) is 0 Å². The molecule has 0 bridgehead atoms. The summed E-state index contributed by atoms with van der Waals surface area (Å²) in [4.78, 5) is 11.8. The van der Waals surface area contributed by atoms with E-state index < -0.39 is 5.91 Å². The van der Waals surface area contributed by atoms with Crippen molar-refractivity contribution in [1.82, 2.24) is 4.57 Å². The lowest BCUT2D eigenvalue weighted by molar-refractivity contribution is 0.100. The van der Waals surface area contributed by atoms with E-state index in [1.54, 1.807) is 18.2 Å². The van der Waals surface area contributed by atoms with Crippen LogP contribution in [0.5, 0.6) is 0 Å². The smallest absolute Gasteiger partial charge is 0.249 e. The minimum atomic E-state index is -0.511. The highest BCUT2D eigenvalue weighted by atomic mass is 19.1. The maximum absolute atomic E-state index is 13.8. The lowest BCUT2D eigenvalue weighted by Crippen LogP contribution is -2.11. The van der Waals surface area contributed by atoms with Gasteiger partial charge in [0.2, 0.25) is 5.91 Å². The lowest BCUT2D eigenvalue weighted by Gasteiger charge is -2.08. The summed E-state index contributed by atoms with van der Waals surface area (Å²) < 4.78 is 15.9. The Hall–Kier alpha value is -3.14. The molecule has 0 aliphatic carbocycles. The van der Waals surface area contributed by atoms with Crippen molar-refractivity contribution in [3.8, 4) is 0 Å². The number of amides is 1. The monoisotopic (exact) mass is 318 g/mol. The molecule has 118 valence electrons. The molecule has 2 N–H and O–H groups in total. The molecule has 4 rings (SSSR count). The molecule has 3 nitrogen and oxygen atoms in total. The predicted molar refractivity (Wildman–Crippen MR) is 93.5 cm³/mol. The zero-order valence-electron chi connectivity index (χ0n) is 12.9. The second-order valence-corrected chi connectivity index (χ2v) is 5.80. The molecule has 24 heavy (non-hydrogen) atoms. The van der Waals surface area contributed by atoms with Gasteiger partial charge < -0.3 is 10.3 Å². The highest BCUT2D eigenvalue weighted by Crippen LogP contribution is 2.32. The third-order valence-corrected chi connectivity index (χ3v) is 4.30. The standard InChI is InChI=1S/C20H15FN2O/c21-14-9-10-17-16(11-14)19-15(20(22)24)7-4-8-18(19)23(17)12-13-5-2-1-3-6-13/h1-11H,12H2,(H2,22,24). The Bertz CT molecular complexity index is 1070. The number of carbonyl (C=O) groups is 1. The minimum Gasteiger partial charge on any atom is -0.366 e. The van der Waals surface area contributed by atoms with Gasteiger partial charge in [-0.1, -0.05) is 36.4 Å². The normalized spacial score (nSPS) is 11.2. The van der Waals surface area contributed by atoms with E-state index in [2.05, 4.69) is 4.57 Å². The number of rotatable bonds is 3. The van der Waals surface area contributed by atoms with Crippen molar-refractivity contribution in [1.29, 1.82) is 0 Å². The molecule has 0 unspecified atom stereocenters. The molecular formula is C20H15FN2O. The summed E-state index contributed by atoms with van der Waals surface area (Å²) in [6, 6.07) is 20.1. The van der Waals surface area contributed by atoms with Crippen LogP contribution in [0.4, 0.5) is 4.39 Å². The molecule has 0 radical (unpaired) electrons. The molecular weight excluding hydrogens is 303 g/mol. The summed E-state index contributed by atoms with van der Waals surface area (Å²) in [5.41, 5.74) is 8.82. The zero-order chi connectivity index (χ0) is 16.7. The molecule has 0 atom stereocenters. The molecule has 4 aromatic rings. The fraction of sp³-hybridized carbons (Fsp3) is 0.0500. The van der Waals surface area contributed by atoms with Crippen LogP contribution in [0.15, 0.2) is 66.7 Å². The number of hydrogen-bond donors (Lipinski definition) is 1. The number of hydrogen-bond acceptors (Lipinski definition) is 1. The summed E-state index contributed by atoms with van der Waals surface area (Å²) in [5.74, 6) is -0.843. The van der Waals surface area contributed by atoms with Crippen LogP contribution in [0.25, 0.3) is 21.8 Å². The molecule has 0 saturated carbocycles. The molecule has 4 heteroatoms. The average Bonchev–Trinajstić information content (AvgIpc) is 2.89. The SMILES string of the molecule is NC(=O)c1cccc2c1c1cc(F)ccc1n2Cc1ccccc1. The van der Waals surface area contributed by atoms with E-state index >= 15 is 0 Å². The van der Waals surface area contributed by atoms with E-state index in [0.717, 1.165) is 16.6 Å². The molecule has 0 saturated heterocycles. The number of primary amides is 1. The maximum atomic E-state index is 13.8. The largest absolute Gasteiger partial charge is 0.366 e. The van der Waals surface area contributed by atoms with Gasteiger partial charge in [-0.2, -0.15) is 0 Å². The first-order chi connectivity index (χ1) is 11.6. The molecule has 0 spiro atoms. The van der Waals surface area contributed by atoms with Crippen LogP contribution in [0.2, 0.25) is 0 Å². The molecule has 0 aliphatic rings. The number of benzene rings is 3. The molecule has 1 aromatic heterocycles. The van der Waals surface area contributed by atoms with Gasteiger partial charge >= 0.3 is 0 Å². The Morgan fingerprint density at radius 2 is 1.75 bits per heavy atom. The van der Waals surface area contributed by atoms with Crippen molar-refractivity contribution in [2.24, 2.45) is 5.73 Å². The van der Waals surface area contributed by atoms with Crippen LogP contribution in [-0.2, 0) is 6.54 Å². The van der Waals surface area contributed by atoms with E-state index in [0.29, 0.717) is 22.9 Å². The first-order valence-electron chi connectivity index (χ1n) is 7.69. The Morgan fingerprint density at radius 1 is 0.958 bits per heavy atom. The molecule has 1 heterocycles. The van der Waals surface area contributed by atoms with Gasteiger partial charge in [-0.05, 0) is 35.9 Å². The second kappa shape index (κ2) is 5.49. The van der Waals surface area contributed by atoms with Crippen molar-refractivity contribution in [3.05, 3.63) is 83.7 Å². The second-order valence-electron chi connectivity index (χ2n) is 5.80. The highest BCUT2D eigenvalue weighted by molar-refractivity contribution is 6.17. The highest BCUT2D eigenvalue weighted by Gasteiger charge is 2.16. The third kappa shape index (κ3) is 2.24. The van der Waals surface area contributed by atoms with Crippen LogP contribution in [-0.4, -0.2) is 10.5 Å². The van der Waals surface area contributed by atoms with E-state index in [9.17, 15) is 9.18 Å². The fourth-order valence-electron chi connectivity index (χ4n) is 3.26. The van der Waals surface area contributed by atoms with Crippen molar-refractivity contribution in [3.63, 3.8) is 0 Å². The number of nitrogens with zero attached hydrogens (tertiary/aromatic N) is 1. The first kappa shape index (κ1) is 14.5. The van der Waals surface area contributed by atoms with E-state index in [4.69, 9.17) is 5.73 Å². The quantitative estimate of drug-likeness (QED) is 0.608. The predicted octanol–water partition coefficient (Wildman–Crippen LogP) is 4.08. The van der Waals surface area contributed by atoms with Crippen LogP contribution < -0.4 is 5.73 Å². The molecule has 1 amide bonds. The van der Waals surface area contributed by atoms with Crippen molar-refractivity contribution >= 4 is 27.7 Å². The number of fused-ring (bicyclic) bond motifs is 3. The number of nitrogens with two attached hydrogens (primary N) is 1. The molecule has 0 fully saturated rings. The third-order valence-electron chi connectivity index (χ3n) is 4.30. The number of aromatic nitrogens is 1. The summed E-state index contributed by atoms with van der Waals surface area (Å²) >= 11 is 0. The lowest BCUT2D eigenvalue weighted by atomic mass is 10.1. The van der Waals surface area contributed by atoms with Gasteiger partial charge in [0.05, 0.1) is 5.52 Å². The summed E-state index contributed by atoms with van der Waals surface area (Å²) in [6.45, 7) is 0.634. The van der Waals surface area contributed by atoms with Gasteiger partial charge in [-0.25, -0.2) is 4.39 Å². The van der Waals surface area contributed by atoms with Gasteiger partial charge in [0, 0.05) is 28.4 Å². The molecule has 0 aliphatic heterocycles. The molecule has 3 aromatic carbocycles. The van der Waals surface area contributed by atoms with Crippen LogP contribution in [0.1, 0.15) is 15.9 Å². The Labute approximate surface area is 138 Å². The number of halogens is 1. The van der Waals surface area contributed by atoms with Crippen LogP contribution in [0.3, 0.4) is 0 Å². The summed E-state index contributed by atoms with van der Waals surface area (Å²) in [7, 11) is 0. The average molecular weight is 318 g/mol. The van der Waals surface area contributed by atoms with Crippen LogP contribution in [0, 0.1) is 5.82 Å². The van der Waals surface area contributed by atoms with Crippen LogP contribution >= 0.6 is 0 Å². The van der Waals surface area contributed by atoms with Gasteiger partial charge in [0.1, 0.15) is 5.82 Å². The van der Waals surface area contributed by atoms with Gasteiger partial charge in [-0.15, -0.1) is 0 Å². The Balaban J connectivity index is 2.08. The van der Waals surface area contributed by atoms with Crippen molar-refractivity contribution in [2.75, 3.05) is 0 Å². The van der Waals surface area contributed by atoms with Gasteiger partial charge in [0.25, 0.3) is 0 Å². The van der Waals surface area contributed by atoms with Crippen molar-refractivity contribution < 1.29 is 9.18 Å². The van der Waals surface area contributed by atoms with E-state index in [1.165, 1.54) is 12.1 Å². The maximum Gasteiger partial charge on any atom is 0.249 e. The minimum absolute atomic E-state index is 0.333. The first-order valence-corrected chi connectivity index (χ1v) is 7.69. The fourth-order valence-corrected chi connectivity index (χ4v) is 3.26. The zero-order valence-corrected chi connectivity index (χ0v) is 12.9. The van der Waals surface area contributed by atoms with E-state index in [-0.39, 0.29) is 5.82 Å². The number of carbonyl (C=O) groups excluding carboxylic acids is 1.